The Kier molecular flexibility index (Phi) is 7.84. The molecule has 5 aliphatic carbocycles. The summed E-state index contributed by atoms with van der Waals surface area (Å²) in [6.07, 6.45) is 5.19. The van der Waals surface area contributed by atoms with Gasteiger partial charge in [0.25, 0.3) is 0 Å². The molecule has 0 spiro atoms. The lowest BCUT2D eigenvalue weighted by atomic mass is 9.33. The molecule has 5 N–H and O–H groups in total. The molecule has 0 aromatic rings. The molecule has 0 amide bonds. The van der Waals surface area contributed by atoms with Gasteiger partial charge >= 0.3 is 5.97 Å². The van der Waals surface area contributed by atoms with Crippen molar-refractivity contribution in [1.82, 2.24) is 0 Å². The Morgan fingerprint density at radius 3 is 2.23 bits per heavy atom. The van der Waals surface area contributed by atoms with Crippen molar-refractivity contribution < 1.29 is 39.8 Å². The van der Waals surface area contributed by atoms with E-state index in [-0.39, 0.29) is 39.1 Å². The molecular weight excluding hydrogens is 560 g/mol. The number of carboxylic acids is 1. The van der Waals surface area contributed by atoms with Gasteiger partial charge in [-0.1, -0.05) is 60.1 Å². The normalized spacial score (nSPS) is 52.9. The Hall–Kier alpha value is -1.03. The number of carbonyl (C=O) groups is 1. The van der Waals surface area contributed by atoms with Crippen LogP contribution in [-0.2, 0) is 14.3 Å². The Balaban J connectivity index is 1.29. The van der Waals surface area contributed by atoms with E-state index in [4.69, 9.17) is 9.47 Å². The number of hydrogen-bond donors (Lipinski definition) is 5. The maximum Gasteiger partial charge on any atom is 0.310 e. The fourth-order valence-corrected chi connectivity index (χ4v) is 12.2. The molecule has 44 heavy (non-hydrogen) atoms. The van der Waals surface area contributed by atoms with Crippen LogP contribution in [0.5, 0.6) is 0 Å². The number of rotatable bonds is 4. The van der Waals surface area contributed by atoms with E-state index in [1.54, 1.807) is 0 Å². The molecule has 250 valence electrons. The van der Waals surface area contributed by atoms with E-state index < -0.39 is 48.7 Å². The van der Waals surface area contributed by atoms with Crippen molar-refractivity contribution in [2.24, 2.45) is 50.2 Å². The standard InChI is InChI=1S/C36H58O8/c1-31(2)14-16-36(30(41)42)17-15-34(6)20(21(36)18-31)8-9-24-33(5)12-11-25(32(3,4)23(33)10-13-35(24,34)7)44-29-28(40)27(39)26(38)22(19-37)43-29/h8,21-29,37-40H,9-19H2,1-7H3,(H,41,42)/t21-,22+,23-,24+,25-,26+,27-,28-,29-,33-,34+,35+,36-/m0/s1. The van der Waals surface area contributed by atoms with Crippen LogP contribution < -0.4 is 0 Å². The molecule has 13 atom stereocenters. The largest absolute Gasteiger partial charge is 0.481 e. The van der Waals surface area contributed by atoms with Crippen LogP contribution in [0.4, 0.5) is 0 Å². The number of hydrogen-bond acceptors (Lipinski definition) is 7. The van der Waals surface area contributed by atoms with Crippen molar-refractivity contribution in [1.29, 1.82) is 0 Å². The smallest absolute Gasteiger partial charge is 0.310 e. The molecule has 0 radical (unpaired) electrons. The van der Waals surface area contributed by atoms with E-state index in [0.717, 1.165) is 64.2 Å². The number of aliphatic carboxylic acids is 1. The first-order chi connectivity index (χ1) is 20.4. The minimum absolute atomic E-state index is 0.0330. The summed E-state index contributed by atoms with van der Waals surface area (Å²) in [6.45, 7) is 16.2. The van der Waals surface area contributed by atoms with Gasteiger partial charge in [-0.05, 0) is 109 Å². The van der Waals surface area contributed by atoms with Crippen LogP contribution in [0.15, 0.2) is 11.6 Å². The molecule has 8 heteroatoms. The first-order valence-electron chi connectivity index (χ1n) is 17.3. The Bertz CT molecular complexity index is 1180. The van der Waals surface area contributed by atoms with Gasteiger partial charge in [0.1, 0.15) is 24.4 Å². The number of allylic oxidation sites excluding steroid dienone is 2. The average Bonchev–Trinajstić information content (AvgIpc) is 2.94. The lowest BCUT2D eigenvalue weighted by Crippen LogP contribution is -2.66. The summed E-state index contributed by atoms with van der Waals surface area (Å²) in [5.41, 5.74) is 0.809. The summed E-state index contributed by atoms with van der Waals surface area (Å²) >= 11 is 0. The Morgan fingerprint density at radius 2 is 1.57 bits per heavy atom. The topological polar surface area (TPSA) is 137 Å². The Labute approximate surface area is 263 Å². The summed E-state index contributed by atoms with van der Waals surface area (Å²) < 4.78 is 12.2. The number of aliphatic hydroxyl groups is 4. The SMILES string of the molecule is CC1(C)CC[C@]2(C(=O)O)CC[C@]3(C)C(=CC[C@@H]4[C@@]5(C)CC[C@H](O[C@@H]6O[C@H](CO)[C@@H](O)[C@H](O)[C@@H]6O)C(C)(C)[C@@H]5CC[C@]43C)[C@@H]2C1. The van der Waals surface area contributed by atoms with E-state index in [1.165, 1.54) is 5.57 Å². The highest BCUT2D eigenvalue weighted by Crippen LogP contribution is 2.76. The third kappa shape index (κ3) is 4.40. The van der Waals surface area contributed by atoms with Crippen LogP contribution in [0, 0.1) is 50.2 Å². The Morgan fingerprint density at radius 1 is 0.886 bits per heavy atom. The first kappa shape index (κ1) is 32.9. The zero-order valence-electron chi connectivity index (χ0n) is 28.0. The molecule has 1 saturated heterocycles. The molecule has 0 aromatic carbocycles. The van der Waals surface area contributed by atoms with Crippen LogP contribution in [0.25, 0.3) is 0 Å². The fourth-order valence-electron chi connectivity index (χ4n) is 12.2. The zero-order chi connectivity index (χ0) is 32.3. The van der Waals surface area contributed by atoms with Gasteiger partial charge in [-0.25, -0.2) is 0 Å². The summed E-state index contributed by atoms with van der Waals surface area (Å²) in [4.78, 5) is 12.9. The van der Waals surface area contributed by atoms with Crippen molar-refractivity contribution in [3.63, 3.8) is 0 Å². The maximum absolute atomic E-state index is 12.9. The van der Waals surface area contributed by atoms with E-state index in [0.29, 0.717) is 11.8 Å². The quantitative estimate of drug-likeness (QED) is 0.218. The summed E-state index contributed by atoms with van der Waals surface area (Å²) in [5.74, 6) is 0.336. The van der Waals surface area contributed by atoms with E-state index in [1.807, 2.05) is 0 Å². The highest BCUT2D eigenvalue weighted by atomic mass is 16.7. The summed E-state index contributed by atoms with van der Waals surface area (Å²) in [5, 5.41) is 51.7. The lowest BCUT2D eigenvalue weighted by Gasteiger charge is -2.71. The fraction of sp³-hybridized carbons (Fsp3) is 0.917. The first-order valence-corrected chi connectivity index (χ1v) is 17.3. The van der Waals surface area contributed by atoms with Gasteiger partial charge in [0.2, 0.25) is 0 Å². The monoisotopic (exact) mass is 618 g/mol. The molecule has 0 aromatic heterocycles. The molecule has 0 bridgehead atoms. The third-order valence-corrected chi connectivity index (χ3v) is 15.1. The molecule has 4 saturated carbocycles. The second-order valence-electron chi connectivity index (χ2n) is 17.9. The highest BCUT2D eigenvalue weighted by Gasteiger charge is 2.69. The molecule has 1 aliphatic heterocycles. The van der Waals surface area contributed by atoms with Gasteiger partial charge in [-0.15, -0.1) is 0 Å². The number of carboxylic acid groups (broad SMARTS) is 1. The predicted molar refractivity (Wildman–Crippen MR) is 165 cm³/mol. The van der Waals surface area contributed by atoms with E-state index in [2.05, 4.69) is 54.5 Å². The van der Waals surface area contributed by atoms with Crippen molar-refractivity contribution in [2.75, 3.05) is 6.61 Å². The van der Waals surface area contributed by atoms with Crippen molar-refractivity contribution in [2.45, 2.75) is 149 Å². The molecular formula is C36H58O8. The number of ether oxygens (including phenoxy) is 2. The third-order valence-electron chi connectivity index (χ3n) is 15.1. The van der Waals surface area contributed by atoms with Crippen molar-refractivity contribution in [3.8, 4) is 0 Å². The molecule has 0 unspecified atom stereocenters. The van der Waals surface area contributed by atoms with Gasteiger partial charge in [-0.2, -0.15) is 0 Å². The van der Waals surface area contributed by atoms with Crippen LogP contribution in [0.3, 0.4) is 0 Å². The van der Waals surface area contributed by atoms with Gasteiger partial charge in [0.15, 0.2) is 6.29 Å². The van der Waals surface area contributed by atoms with Crippen LogP contribution >= 0.6 is 0 Å². The van der Waals surface area contributed by atoms with Crippen LogP contribution in [-0.4, -0.2) is 74.9 Å². The molecule has 6 aliphatic rings. The van der Waals surface area contributed by atoms with Gasteiger partial charge in [-0.3, -0.25) is 4.79 Å². The minimum atomic E-state index is -1.45. The highest BCUT2D eigenvalue weighted by molar-refractivity contribution is 5.76. The molecule has 1 heterocycles. The molecule has 8 nitrogen and oxygen atoms in total. The van der Waals surface area contributed by atoms with Crippen LogP contribution in [0.1, 0.15) is 113 Å². The van der Waals surface area contributed by atoms with E-state index >= 15 is 0 Å². The summed E-state index contributed by atoms with van der Waals surface area (Å²) in [6, 6.07) is 0. The van der Waals surface area contributed by atoms with Crippen molar-refractivity contribution in [3.05, 3.63) is 11.6 Å². The lowest BCUT2D eigenvalue weighted by molar-refractivity contribution is -0.330. The molecule has 5 fully saturated rings. The second kappa shape index (κ2) is 10.5. The van der Waals surface area contributed by atoms with Gasteiger partial charge < -0.3 is 35.0 Å². The van der Waals surface area contributed by atoms with Crippen LogP contribution in [0.2, 0.25) is 0 Å². The van der Waals surface area contributed by atoms with Crippen molar-refractivity contribution >= 4 is 5.97 Å². The van der Waals surface area contributed by atoms with E-state index in [9.17, 15) is 30.3 Å². The van der Waals surface area contributed by atoms with Gasteiger partial charge in [0.05, 0.1) is 18.1 Å². The minimum Gasteiger partial charge on any atom is -0.481 e. The molecule has 6 rings (SSSR count). The second-order valence-corrected chi connectivity index (χ2v) is 17.9. The predicted octanol–water partition coefficient (Wildman–Crippen LogP) is 5.06. The summed E-state index contributed by atoms with van der Waals surface area (Å²) in [7, 11) is 0. The number of fused-ring (bicyclic) bond motifs is 7. The maximum atomic E-state index is 12.9. The average molecular weight is 619 g/mol. The van der Waals surface area contributed by atoms with Gasteiger partial charge in [0, 0.05) is 0 Å². The number of aliphatic hydroxyl groups excluding tert-OH is 4. The zero-order valence-corrected chi connectivity index (χ0v) is 28.0.